The quantitative estimate of drug-likeness (QED) is 0.720. The summed E-state index contributed by atoms with van der Waals surface area (Å²) in [7, 11) is 0. The molecule has 84 valence electrons. The van der Waals surface area contributed by atoms with Crippen LogP contribution in [0.15, 0.2) is 30.6 Å². The fourth-order valence-electron chi connectivity index (χ4n) is 1.16. The summed E-state index contributed by atoms with van der Waals surface area (Å²) in [6, 6.07) is 8.06. The van der Waals surface area contributed by atoms with Crippen LogP contribution in [0, 0.1) is 11.3 Å². The van der Waals surface area contributed by atoms with E-state index in [1.807, 2.05) is 6.07 Å². The molecule has 0 radical (unpaired) electrons. The average Bonchev–Trinajstić information content (AvgIpc) is 2.82. The van der Waals surface area contributed by atoms with Crippen LogP contribution in [0.25, 0.3) is 0 Å². The molecule has 17 heavy (non-hydrogen) atoms. The fraction of sp³-hybridized carbons (Fsp3) is 0. The Morgan fingerprint density at radius 1 is 1.29 bits per heavy atom. The van der Waals surface area contributed by atoms with Gasteiger partial charge in [0.05, 0.1) is 11.6 Å². The lowest BCUT2D eigenvalue weighted by Crippen LogP contribution is -2.20. The summed E-state index contributed by atoms with van der Waals surface area (Å²) in [5, 5.41) is 19.7. The van der Waals surface area contributed by atoms with Gasteiger partial charge >= 0.3 is 6.03 Å². The van der Waals surface area contributed by atoms with Crippen LogP contribution in [-0.2, 0) is 0 Å². The van der Waals surface area contributed by atoms with Crippen LogP contribution >= 0.6 is 0 Å². The van der Waals surface area contributed by atoms with Gasteiger partial charge in [0.25, 0.3) is 0 Å². The zero-order chi connectivity index (χ0) is 12.1. The largest absolute Gasteiger partial charge is 0.326 e. The van der Waals surface area contributed by atoms with Gasteiger partial charge in [-0.1, -0.05) is 0 Å². The van der Waals surface area contributed by atoms with Crippen LogP contribution < -0.4 is 10.6 Å². The molecule has 0 aliphatic heterocycles. The molecular weight excluding hydrogens is 220 g/mol. The minimum absolute atomic E-state index is 0.260. The number of nitrogens with one attached hydrogen (secondary N) is 3. The number of nitriles is 1. The molecule has 1 aromatic carbocycles. The summed E-state index contributed by atoms with van der Waals surface area (Å²) in [5.74, 6) is 0.260. The molecule has 0 fully saturated rings. The molecule has 1 aromatic heterocycles. The van der Waals surface area contributed by atoms with Crippen LogP contribution in [0.2, 0.25) is 0 Å². The van der Waals surface area contributed by atoms with Gasteiger partial charge in [-0.25, -0.2) is 9.89 Å². The first-order valence-electron chi connectivity index (χ1n) is 4.71. The highest BCUT2D eigenvalue weighted by molar-refractivity contribution is 5.98. The van der Waals surface area contributed by atoms with Gasteiger partial charge in [0, 0.05) is 5.69 Å². The van der Waals surface area contributed by atoms with Crippen molar-refractivity contribution in [3.8, 4) is 6.07 Å². The van der Waals surface area contributed by atoms with E-state index in [-0.39, 0.29) is 5.95 Å². The molecule has 0 spiro atoms. The number of benzene rings is 1. The maximum absolute atomic E-state index is 11.5. The number of carbonyl (C=O) groups excluding carboxylic acids is 1. The van der Waals surface area contributed by atoms with Crippen LogP contribution in [-0.4, -0.2) is 21.2 Å². The predicted octanol–water partition coefficient (Wildman–Crippen LogP) is 1.32. The van der Waals surface area contributed by atoms with E-state index in [1.54, 1.807) is 24.3 Å². The zero-order valence-electron chi connectivity index (χ0n) is 8.64. The van der Waals surface area contributed by atoms with Gasteiger partial charge in [-0.3, -0.25) is 5.32 Å². The van der Waals surface area contributed by atoms with Crippen molar-refractivity contribution in [2.45, 2.75) is 0 Å². The Hall–Kier alpha value is -2.88. The van der Waals surface area contributed by atoms with Gasteiger partial charge in [-0.2, -0.15) is 15.3 Å². The lowest BCUT2D eigenvalue weighted by Gasteiger charge is -2.04. The number of carbonyl (C=O) groups is 1. The average molecular weight is 228 g/mol. The molecule has 0 unspecified atom stereocenters. The number of anilines is 2. The first-order chi connectivity index (χ1) is 8.28. The molecule has 3 N–H and O–H groups in total. The lowest BCUT2D eigenvalue weighted by molar-refractivity contribution is 0.262. The number of aromatic nitrogens is 3. The summed E-state index contributed by atoms with van der Waals surface area (Å²) in [5.41, 5.74) is 1.12. The maximum Gasteiger partial charge on any atom is 0.326 e. The monoisotopic (exact) mass is 228 g/mol. The molecule has 0 aliphatic rings. The summed E-state index contributed by atoms with van der Waals surface area (Å²) in [6.07, 6.45) is 1.29. The Morgan fingerprint density at radius 3 is 2.65 bits per heavy atom. The van der Waals surface area contributed by atoms with Gasteiger partial charge in [0.1, 0.15) is 6.33 Å². The number of nitrogens with zero attached hydrogens (tertiary/aromatic N) is 3. The standard InChI is InChI=1S/C10H8N6O/c11-5-7-1-3-8(4-2-7)14-10(17)15-9-12-6-13-16-9/h1-4,6H,(H3,12,13,14,15,16,17). The Morgan fingerprint density at radius 2 is 2.06 bits per heavy atom. The maximum atomic E-state index is 11.5. The molecule has 1 heterocycles. The minimum Gasteiger partial charge on any atom is -0.308 e. The molecule has 7 nitrogen and oxygen atoms in total. The number of aromatic amines is 1. The number of hydrogen-bond acceptors (Lipinski definition) is 4. The van der Waals surface area contributed by atoms with Crippen molar-refractivity contribution in [2.75, 3.05) is 10.6 Å². The van der Waals surface area contributed by atoms with Crippen LogP contribution in [0.4, 0.5) is 16.4 Å². The third-order valence-electron chi connectivity index (χ3n) is 1.92. The van der Waals surface area contributed by atoms with Crippen molar-refractivity contribution >= 4 is 17.7 Å². The molecule has 0 saturated carbocycles. The van der Waals surface area contributed by atoms with Crippen molar-refractivity contribution in [2.24, 2.45) is 0 Å². The van der Waals surface area contributed by atoms with E-state index in [1.165, 1.54) is 6.33 Å². The highest BCUT2D eigenvalue weighted by Gasteiger charge is 2.03. The molecule has 0 bridgehead atoms. The topological polar surface area (TPSA) is 106 Å². The van der Waals surface area contributed by atoms with E-state index in [0.717, 1.165) is 0 Å². The highest BCUT2D eigenvalue weighted by Crippen LogP contribution is 2.08. The van der Waals surface area contributed by atoms with Gasteiger partial charge in [0.2, 0.25) is 5.95 Å². The first-order valence-corrected chi connectivity index (χ1v) is 4.71. The second-order valence-electron chi connectivity index (χ2n) is 3.10. The summed E-state index contributed by atoms with van der Waals surface area (Å²) < 4.78 is 0. The van der Waals surface area contributed by atoms with E-state index >= 15 is 0 Å². The SMILES string of the molecule is N#Cc1ccc(NC(=O)Nc2ncn[nH]2)cc1. The summed E-state index contributed by atoms with van der Waals surface area (Å²) in [6.45, 7) is 0. The Kier molecular flexibility index (Phi) is 2.98. The fourth-order valence-corrected chi connectivity index (χ4v) is 1.16. The highest BCUT2D eigenvalue weighted by atomic mass is 16.2. The third kappa shape index (κ3) is 2.79. The molecule has 2 aromatic rings. The zero-order valence-corrected chi connectivity index (χ0v) is 8.64. The molecular formula is C10H8N6O. The summed E-state index contributed by atoms with van der Waals surface area (Å²) >= 11 is 0. The Balaban J connectivity index is 1.96. The molecule has 2 amide bonds. The van der Waals surface area contributed by atoms with Crippen molar-refractivity contribution in [3.63, 3.8) is 0 Å². The first kappa shape index (κ1) is 10.6. The van der Waals surface area contributed by atoms with Crippen LogP contribution in [0.3, 0.4) is 0 Å². The van der Waals surface area contributed by atoms with E-state index in [4.69, 9.17) is 5.26 Å². The lowest BCUT2D eigenvalue weighted by atomic mass is 10.2. The molecule has 2 rings (SSSR count). The van der Waals surface area contributed by atoms with E-state index in [0.29, 0.717) is 11.3 Å². The smallest absolute Gasteiger partial charge is 0.308 e. The van der Waals surface area contributed by atoms with Crippen LogP contribution in [0.5, 0.6) is 0 Å². The second kappa shape index (κ2) is 4.76. The van der Waals surface area contributed by atoms with Gasteiger partial charge in [0.15, 0.2) is 0 Å². The van der Waals surface area contributed by atoms with Crippen molar-refractivity contribution in [3.05, 3.63) is 36.2 Å². The number of rotatable bonds is 2. The number of hydrogen-bond donors (Lipinski definition) is 3. The summed E-state index contributed by atoms with van der Waals surface area (Å²) in [4.78, 5) is 15.2. The Labute approximate surface area is 96.5 Å². The van der Waals surface area contributed by atoms with Gasteiger partial charge < -0.3 is 5.32 Å². The van der Waals surface area contributed by atoms with E-state index in [9.17, 15) is 4.79 Å². The van der Waals surface area contributed by atoms with Crippen molar-refractivity contribution in [1.29, 1.82) is 5.26 Å². The third-order valence-corrected chi connectivity index (χ3v) is 1.92. The number of urea groups is 1. The molecule has 0 aliphatic carbocycles. The van der Waals surface area contributed by atoms with E-state index < -0.39 is 6.03 Å². The molecule has 0 saturated heterocycles. The van der Waals surface area contributed by atoms with Gasteiger partial charge in [-0.05, 0) is 24.3 Å². The van der Waals surface area contributed by atoms with Gasteiger partial charge in [-0.15, -0.1) is 0 Å². The van der Waals surface area contributed by atoms with E-state index in [2.05, 4.69) is 25.8 Å². The normalized spacial score (nSPS) is 9.35. The minimum atomic E-state index is -0.438. The Bertz CT molecular complexity index is 539. The second-order valence-corrected chi connectivity index (χ2v) is 3.10. The number of amides is 2. The number of H-pyrrole nitrogens is 1. The molecule has 0 atom stereocenters. The van der Waals surface area contributed by atoms with Crippen molar-refractivity contribution in [1.82, 2.24) is 15.2 Å². The van der Waals surface area contributed by atoms with Crippen LogP contribution in [0.1, 0.15) is 5.56 Å². The molecule has 7 heteroatoms. The van der Waals surface area contributed by atoms with Crippen molar-refractivity contribution < 1.29 is 4.79 Å². The predicted molar refractivity (Wildman–Crippen MR) is 60.2 cm³/mol.